The van der Waals surface area contributed by atoms with Gasteiger partial charge in [0.05, 0.1) is 0 Å². The van der Waals surface area contributed by atoms with Gasteiger partial charge in [-0.3, -0.25) is 0 Å². The first-order valence-corrected chi connectivity index (χ1v) is 8.49. The minimum atomic E-state index is 0.802. The molecule has 2 bridgehead atoms. The van der Waals surface area contributed by atoms with E-state index in [1.165, 1.54) is 44.1 Å². The average Bonchev–Trinajstić information content (AvgIpc) is 2.71. The minimum Gasteiger partial charge on any atom is -0.300 e. The highest BCUT2D eigenvalue weighted by Crippen LogP contribution is 2.47. The molecule has 0 aromatic heterocycles. The van der Waals surface area contributed by atoms with Gasteiger partial charge in [-0.15, -0.1) is 0 Å². The van der Waals surface area contributed by atoms with Crippen LogP contribution in [0, 0.1) is 12.8 Å². The lowest BCUT2D eigenvalue weighted by molar-refractivity contribution is 0.0931. The summed E-state index contributed by atoms with van der Waals surface area (Å²) < 4.78 is 0. The molecule has 3 rings (SSSR count). The van der Waals surface area contributed by atoms with E-state index < -0.39 is 0 Å². The van der Waals surface area contributed by atoms with Gasteiger partial charge in [-0.1, -0.05) is 49.6 Å². The molecule has 2 aliphatic rings. The van der Waals surface area contributed by atoms with E-state index in [-0.39, 0.29) is 0 Å². The fourth-order valence-electron chi connectivity index (χ4n) is 4.61. The first-order valence-electron chi connectivity index (χ1n) is 8.49. The molecule has 2 fully saturated rings. The SMILES string of the molecule is CCCC[C@@H]1[C@H]2CC[C@@H](C[C@H]1c1ccc(C)cc1)N2C. The van der Waals surface area contributed by atoms with Gasteiger partial charge in [0.1, 0.15) is 0 Å². The van der Waals surface area contributed by atoms with Gasteiger partial charge in [0.25, 0.3) is 0 Å². The minimum absolute atomic E-state index is 0.802. The number of nitrogens with zero attached hydrogens (tertiary/aromatic N) is 1. The topological polar surface area (TPSA) is 3.24 Å². The first kappa shape index (κ1) is 14.1. The van der Waals surface area contributed by atoms with Crippen LogP contribution >= 0.6 is 0 Å². The van der Waals surface area contributed by atoms with E-state index in [1.54, 1.807) is 5.56 Å². The zero-order valence-corrected chi connectivity index (χ0v) is 13.3. The van der Waals surface area contributed by atoms with Crippen molar-refractivity contribution in [2.45, 2.75) is 70.4 Å². The lowest BCUT2D eigenvalue weighted by atomic mass is 9.74. The lowest BCUT2D eigenvalue weighted by Crippen LogP contribution is -2.45. The van der Waals surface area contributed by atoms with Crippen LogP contribution in [0.3, 0.4) is 0 Å². The maximum absolute atomic E-state index is 2.70. The van der Waals surface area contributed by atoms with E-state index in [4.69, 9.17) is 0 Å². The number of benzene rings is 1. The second kappa shape index (κ2) is 5.89. The molecule has 1 nitrogen and oxygen atoms in total. The van der Waals surface area contributed by atoms with Crippen molar-refractivity contribution in [3.05, 3.63) is 35.4 Å². The molecular formula is C19H29N. The van der Waals surface area contributed by atoms with Crippen molar-refractivity contribution in [2.75, 3.05) is 7.05 Å². The Bertz CT molecular complexity index is 436. The Morgan fingerprint density at radius 1 is 1.15 bits per heavy atom. The second-order valence-electron chi connectivity index (χ2n) is 7.02. The summed E-state index contributed by atoms with van der Waals surface area (Å²) in [5.74, 6) is 1.68. The Labute approximate surface area is 124 Å². The number of piperidine rings is 1. The van der Waals surface area contributed by atoms with Crippen molar-refractivity contribution in [3.8, 4) is 0 Å². The van der Waals surface area contributed by atoms with E-state index >= 15 is 0 Å². The predicted molar refractivity (Wildman–Crippen MR) is 86.1 cm³/mol. The summed E-state index contributed by atoms with van der Waals surface area (Å²) in [6, 6.07) is 11.1. The molecule has 110 valence electrons. The third-order valence-corrected chi connectivity index (χ3v) is 5.83. The van der Waals surface area contributed by atoms with Gasteiger partial charge in [0.15, 0.2) is 0 Å². The van der Waals surface area contributed by atoms with Crippen LogP contribution in [0.25, 0.3) is 0 Å². The van der Waals surface area contributed by atoms with Crippen molar-refractivity contribution >= 4 is 0 Å². The van der Waals surface area contributed by atoms with E-state index in [1.807, 2.05) is 0 Å². The molecule has 1 aromatic rings. The van der Waals surface area contributed by atoms with Gasteiger partial charge in [-0.25, -0.2) is 0 Å². The molecule has 2 saturated heterocycles. The van der Waals surface area contributed by atoms with Crippen molar-refractivity contribution in [1.29, 1.82) is 0 Å². The second-order valence-corrected chi connectivity index (χ2v) is 7.02. The lowest BCUT2D eigenvalue weighted by Gasteiger charge is -2.43. The third-order valence-electron chi connectivity index (χ3n) is 5.83. The van der Waals surface area contributed by atoms with Gasteiger partial charge in [0.2, 0.25) is 0 Å². The molecule has 0 spiro atoms. The molecule has 2 heterocycles. The molecule has 1 aromatic carbocycles. The molecule has 0 unspecified atom stereocenters. The van der Waals surface area contributed by atoms with Crippen LogP contribution in [-0.2, 0) is 0 Å². The van der Waals surface area contributed by atoms with Crippen LogP contribution in [0.1, 0.15) is 62.5 Å². The summed E-state index contributed by atoms with van der Waals surface area (Å²) in [6.07, 6.45) is 8.37. The highest BCUT2D eigenvalue weighted by Gasteiger charge is 2.45. The van der Waals surface area contributed by atoms with Crippen molar-refractivity contribution in [1.82, 2.24) is 4.90 Å². The van der Waals surface area contributed by atoms with Crippen LogP contribution in [0.5, 0.6) is 0 Å². The van der Waals surface area contributed by atoms with Gasteiger partial charge < -0.3 is 4.90 Å². The van der Waals surface area contributed by atoms with E-state index in [9.17, 15) is 0 Å². The van der Waals surface area contributed by atoms with Crippen molar-refractivity contribution < 1.29 is 0 Å². The molecule has 0 aliphatic carbocycles. The van der Waals surface area contributed by atoms with Crippen molar-refractivity contribution in [3.63, 3.8) is 0 Å². The van der Waals surface area contributed by atoms with Crippen LogP contribution in [0.4, 0.5) is 0 Å². The Morgan fingerprint density at radius 2 is 1.90 bits per heavy atom. The Kier molecular flexibility index (Phi) is 4.16. The smallest absolute Gasteiger partial charge is 0.0130 e. The maximum Gasteiger partial charge on any atom is 0.0130 e. The van der Waals surface area contributed by atoms with Crippen LogP contribution in [0.2, 0.25) is 0 Å². The van der Waals surface area contributed by atoms with Gasteiger partial charge in [-0.2, -0.15) is 0 Å². The maximum atomic E-state index is 2.70. The standard InChI is InChI=1S/C19H29N/c1-4-5-6-17-18(15-9-7-14(2)8-10-15)13-16-11-12-19(17)20(16)3/h7-10,16-19H,4-6,11-13H2,1-3H3/t16-,17-,18-,19+/m0/s1. The molecule has 20 heavy (non-hydrogen) atoms. The molecular weight excluding hydrogens is 242 g/mol. The summed E-state index contributed by atoms with van der Waals surface area (Å²) in [4.78, 5) is 2.70. The zero-order chi connectivity index (χ0) is 14.1. The summed E-state index contributed by atoms with van der Waals surface area (Å²) in [5, 5.41) is 0. The molecule has 0 radical (unpaired) electrons. The average molecular weight is 271 g/mol. The number of rotatable bonds is 4. The quantitative estimate of drug-likeness (QED) is 0.763. The summed E-state index contributed by atoms with van der Waals surface area (Å²) in [7, 11) is 2.37. The molecule has 1 heteroatoms. The normalized spacial score (nSPS) is 33.5. The van der Waals surface area contributed by atoms with E-state index in [2.05, 4.69) is 50.1 Å². The van der Waals surface area contributed by atoms with Gasteiger partial charge >= 0.3 is 0 Å². The van der Waals surface area contributed by atoms with Crippen LogP contribution in [-0.4, -0.2) is 24.0 Å². The Balaban J connectivity index is 1.85. The summed E-state index contributed by atoms with van der Waals surface area (Å²) in [5.41, 5.74) is 2.98. The van der Waals surface area contributed by atoms with Crippen LogP contribution < -0.4 is 0 Å². The number of fused-ring (bicyclic) bond motifs is 2. The Morgan fingerprint density at radius 3 is 2.60 bits per heavy atom. The summed E-state index contributed by atoms with van der Waals surface area (Å²) in [6.45, 7) is 4.52. The van der Waals surface area contributed by atoms with E-state index in [0.29, 0.717) is 0 Å². The monoisotopic (exact) mass is 271 g/mol. The molecule has 4 atom stereocenters. The third kappa shape index (κ3) is 2.53. The predicted octanol–water partition coefficient (Wildman–Crippen LogP) is 4.75. The molecule has 2 aliphatic heterocycles. The molecule has 0 amide bonds. The largest absolute Gasteiger partial charge is 0.300 e. The number of aryl methyl sites for hydroxylation is 1. The van der Waals surface area contributed by atoms with Gasteiger partial charge in [0, 0.05) is 12.1 Å². The van der Waals surface area contributed by atoms with E-state index in [0.717, 1.165) is 23.9 Å². The highest BCUT2D eigenvalue weighted by molar-refractivity contribution is 5.27. The fourth-order valence-corrected chi connectivity index (χ4v) is 4.61. The number of unbranched alkanes of at least 4 members (excludes halogenated alkanes) is 1. The van der Waals surface area contributed by atoms with Crippen molar-refractivity contribution in [2.24, 2.45) is 5.92 Å². The zero-order valence-electron chi connectivity index (χ0n) is 13.3. The van der Waals surface area contributed by atoms with Gasteiger partial charge in [-0.05, 0) is 57.1 Å². The van der Waals surface area contributed by atoms with Crippen LogP contribution in [0.15, 0.2) is 24.3 Å². The summed E-state index contributed by atoms with van der Waals surface area (Å²) >= 11 is 0. The molecule has 0 N–H and O–H groups in total. The molecule has 0 saturated carbocycles. The number of hydrogen-bond donors (Lipinski definition) is 0. The Hall–Kier alpha value is -0.820. The highest BCUT2D eigenvalue weighted by atomic mass is 15.2. The fraction of sp³-hybridized carbons (Fsp3) is 0.684. The number of hydrogen-bond acceptors (Lipinski definition) is 1. The first-order chi connectivity index (χ1) is 9.70.